The van der Waals surface area contributed by atoms with Crippen molar-refractivity contribution >= 4 is 25.9 Å². The largest absolute Gasteiger partial charge is 0.469 e. The molecule has 5 heteroatoms. The fourth-order valence-electron chi connectivity index (χ4n) is 0.990. The smallest absolute Gasteiger partial charge is 0.308 e. The summed E-state index contributed by atoms with van der Waals surface area (Å²) >= 11 is 5.81. The molecule has 0 aliphatic rings. The third-order valence-corrected chi connectivity index (χ3v) is 7.94. The van der Waals surface area contributed by atoms with Gasteiger partial charge in [-0.3, -0.25) is 4.79 Å². The van der Waals surface area contributed by atoms with Gasteiger partial charge in [-0.05, 0) is 18.1 Å². The predicted octanol–water partition coefficient (Wildman–Crippen LogP) is 3.18. The Morgan fingerprint density at radius 3 is 2.19 bits per heavy atom. The highest BCUT2D eigenvalue weighted by atomic mass is 35.5. The van der Waals surface area contributed by atoms with Crippen molar-refractivity contribution in [3.63, 3.8) is 0 Å². The van der Waals surface area contributed by atoms with Gasteiger partial charge in [0.15, 0.2) is 8.32 Å². The highest BCUT2D eigenvalue weighted by Crippen LogP contribution is 2.37. The maximum Gasteiger partial charge on any atom is 0.308 e. The van der Waals surface area contributed by atoms with Crippen LogP contribution >= 0.6 is 11.6 Å². The molecule has 0 heterocycles. The molecule has 1 atom stereocenters. The van der Waals surface area contributed by atoms with Crippen LogP contribution in [0.5, 0.6) is 0 Å². The van der Waals surface area contributed by atoms with Gasteiger partial charge in [-0.1, -0.05) is 20.8 Å². The summed E-state index contributed by atoms with van der Waals surface area (Å²) in [7, 11) is -0.486. The van der Waals surface area contributed by atoms with Crippen LogP contribution in [0.3, 0.4) is 0 Å². The van der Waals surface area contributed by atoms with Crippen molar-refractivity contribution in [3.05, 3.63) is 0 Å². The van der Waals surface area contributed by atoms with Gasteiger partial charge < -0.3 is 9.16 Å². The van der Waals surface area contributed by atoms with Gasteiger partial charge >= 0.3 is 5.97 Å². The standard InChI is InChI=1S/C11H23ClO3Si/c1-11(2,3)16(5,6)15-9(8-12)7-10(13)14-4/h9H,7-8H2,1-6H3/t9-/m0/s1. The fourth-order valence-corrected chi connectivity index (χ4v) is 2.62. The van der Waals surface area contributed by atoms with E-state index in [9.17, 15) is 4.79 Å². The fraction of sp³-hybridized carbons (Fsp3) is 0.909. The second kappa shape index (κ2) is 6.03. The van der Waals surface area contributed by atoms with E-state index in [1.54, 1.807) is 0 Å². The van der Waals surface area contributed by atoms with E-state index >= 15 is 0 Å². The van der Waals surface area contributed by atoms with E-state index in [-0.39, 0.29) is 23.5 Å². The zero-order valence-electron chi connectivity index (χ0n) is 11.1. The molecule has 0 radical (unpaired) electrons. The van der Waals surface area contributed by atoms with Crippen LogP contribution in [-0.2, 0) is 14.0 Å². The lowest BCUT2D eigenvalue weighted by molar-refractivity contribution is -0.142. The number of halogens is 1. The number of hydrogen-bond acceptors (Lipinski definition) is 3. The molecule has 0 bridgehead atoms. The molecule has 0 saturated carbocycles. The minimum atomic E-state index is -1.86. The molecule has 0 unspecified atom stereocenters. The molecule has 0 spiro atoms. The number of methoxy groups -OCH3 is 1. The lowest BCUT2D eigenvalue weighted by Gasteiger charge is -2.38. The molecule has 3 nitrogen and oxygen atoms in total. The first-order valence-electron chi connectivity index (χ1n) is 5.44. The Hall–Kier alpha value is -0.0631. The third kappa shape index (κ3) is 4.85. The van der Waals surface area contributed by atoms with E-state index in [0.717, 1.165) is 0 Å². The molecule has 96 valence electrons. The van der Waals surface area contributed by atoms with Crippen molar-refractivity contribution in [2.45, 2.75) is 51.4 Å². The summed E-state index contributed by atoms with van der Waals surface area (Å²) in [4.78, 5) is 11.2. The van der Waals surface area contributed by atoms with Gasteiger partial charge in [0, 0.05) is 5.88 Å². The molecular weight excluding hydrogens is 244 g/mol. The Morgan fingerprint density at radius 1 is 1.38 bits per heavy atom. The topological polar surface area (TPSA) is 35.5 Å². The van der Waals surface area contributed by atoms with Crippen LogP contribution in [0.4, 0.5) is 0 Å². The van der Waals surface area contributed by atoms with Gasteiger partial charge in [-0.2, -0.15) is 0 Å². The monoisotopic (exact) mass is 266 g/mol. The zero-order valence-corrected chi connectivity index (χ0v) is 12.9. The highest BCUT2D eigenvalue weighted by Gasteiger charge is 2.39. The summed E-state index contributed by atoms with van der Waals surface area (Å²) < 4.78 is 10.7. The lowest BCUT2D eigenvalue weighted by Crippen LogP contribution is -2.45. The van der Waals surface area contributed by atoms with Gasteiger partial charge in [0.25, 0.3) is 0 Å². The molecule has 0 aliphatic heterocycles. The van der Waals surface area contributed by atoms with Crippen molar-refractivity contribution < 1.29 is 14.0 Å². The van der Waals surface area contributed by atoms with E-state index in [1.165, 1.54) is 7.11 Å². The van der Waals surface area contributed by atoms with Crippen molar-refractivity contribution in [2.75, 3.05) is 13.0 Å². The minimum absolute atomic E-state index is 0.118. The summed E-state index contributed by atoms with van der Waals surface area (Å²) in [6, 6.07) is 0. The highest BCUT2D eigenvalue weighted by molar-refractivity contribution is 6.74. The van der Waals surface area contributed by atoms with E-state index in [4.69, 9.17) is 16.0 Å². The number of alkyl halides is 1. The second-order valence-corrected chi connectivity index (χ2v) is 10.5. The van der Waals surface area contributed by atoms with Crippen LogP contribution in [0.2, 0.25) is 18.1 Å². The second-order valence-electron chi connectivity index (χ2n) is 5.43. The van der Waals surface area contributed by atoms with E-state index < -0.39 is 8.32 Å². The van der Waals surface area contributed by atoms with Crippen LogP contribution in [0.25, 0.3) is 0 Å². The van der Waals surface area contributed by atoms with Crippen LogP contribution in [0, 0.1) is 0 Å². The summed E-state index contributed by atoms with van der Waals surface area (Å²) in [6.07, 6.45) is -0.0121. The Kier molecular flexibility index (Phi) is 6.01. The predicted molar refractivity (Wildman–Crippen MR) is 69.4 cm³/mol. The molecular formula is C11H23ClO3Si. The summed E-state index contributed by atoms with van der Waals surface area (Å²) in [5, 5.41) is 0.118. The number of carbonyl (C=O) groups excluding carboxylic acids is 1. The van der Waals surface area contributed by atoms with E-state index in [2.05, 4.69) is 38.6 Å². The average molecular weight is 267 g/mol. The first-order valence-corrected chi connectivity index (χ1v) is 8.89. The van der Waals surface area contributed by atoms with Crippen LogP contribution in [-0.4, -0.2) is 33.4 Å². The SMILES string of the molecule is COC(=O)C[C@@H](CCl)O[Si](C)(C)C(C)(C)C. The zero-order chi connectivity index (χ0) is 13.0. The van der Waals surface area contributed by atoms with Crippen molar-refractivity contribution in [1.82, 2.24) is 0 Å². The quantitative estimate of drug-likeness (QED) is 0.436. The molecule has 0 rings (SSSR count). The number of ether oxygens (including phenoxy) is 1. The number of esters is 1. The minimum Gasteiger partial charge on any atom is -0.469 e. The van der Waals surface area contributed by atoms with Crippen molar-refractivity contribution in [3.8, 4) is 0 Å². The average Bonchev–Trinajstić information content (AvgIpc) is 2.14. The van der Waals surface area contributed by atoms with E-state index in [1.807, 2.05) is 0 Å². The number of rotatable bonds is 5. The molecule has 16 heavy (non-hydrogen) atoms. The van der Waals surface area contributed by atoms with E-state index in [0.29, 0.717) is 5.88 Å². The Bertz CT molecular complexity index is 236. The van der Waals surface area contributed by atoms with Gasteiger partial charge in [-0.15, -0.1) is 11.6 Å². The number of hydrogen-bond donors (Lipinski definition) is 0. The normalized spacial score (nSPS) is 14.7. The van der Waals surface area contributed by atoms with Crippen LogP contribution in [0.1, 0.15) is 27.2 Å². The third-order valence-electron chi connectivity index (χ3n) is 3.06. The molecule has 0 saturated heterocycles. The van der Waals surface area contributed by atoms with Crippen molar-refractivity contribution in [2.24, 2.45) is 0 Å². The van der Waals surface area contributed by atoms with Gasteiger partial charge in [0.05, 0.1) is 19.6 Å². The van der Waals surface area contributed by atoms with Gasteiger partial charge in [0.1, 0.15) is 0 Å². The first-order chi connectivity index (χ1) is 7.14. The summed E-state index contributed by atoms with van der Waals surface area (Å²) in [5.41, 5.74) is 0. The molecule has 0 aromatic heterocycles. The summed E-state index contributed by atoms with van der Waals surface area (Å²) in [6.45, 7) is 10.8. The van der Waals surface area contributed by atoms with Gasteiger partial charge in [-0.25, -0.2) is 0 Å². The molecule has 0 aromatic rings. The Balaban J connectivity index is 4.48. The Labute approximate surface area is 105 Å². The van der Waals surface area contributed by atoms with Crippen LogP contribution in [0.15, 0.2) is 0 Å². The van der Waals surface area contributed by atoms with Crippen molar-refractivity contribution in [1.29, 1.82) is 0 Å². The molecule has 0 N–H and O–H groups in total. The maximum absolute atomic E-state index is 11.2. The molecule has 0 fully saturated rings. The first kappa shape index (κ1) is 15.9. The van der Waals surface area contributed by atoms with Crippen LogP contribution < -0.4 is 0 Å². The molecule has 0 amide bonds. The molecule has 0 aromatic carbocycles. The summed E-state index contributed by atoms with van der Waals surface area (Å²) in [5.74, 6) is 0.0473. The van der Waals surface area contributed by atoms with Gasteiger partial charge in [0.2, 0.25) is 0 Å². The Morgan fingerprint density at radius 2 is 1.88 bits per heavy atom. The maximum atomic E-state index is 11.2. The number of carbonyl (C=O) groups is 1. The molecule has 0 aliphatic carbocycles. The lowest BCUT2D eigenvalue weighted by atomic mass is 10.2.